The van der Waals surface area contributed by atoms with Crippen LogP contribution < -0.4 is 5.46 Å². The van der Waals surface area contributed by atoms with Gasteiger partial charge in [-0.05, 0) is 29.2 Å². The van der Waals surface area contributed by atoms with Gasteiger partial charge in [-0.25, -0.2) is 9.37 Å². The molecule has 4 nitrogen and oxygen atoms in total. The van der Waals surface area contributed by atoms with Crippen molar-refractivity contribution in [2.24, 2.45) is 0 Å². The summed E-state index contributed by atoms with van der Waals surface area (Å²) in [5, 5.41) is 18.4. The number of benzene rings is 2. The average Bonchev–Trinajstić information content (AvgIpc) is 2.88. The Labute approximate surface area is 124 Å². The van der Waals surface area contributed by atoms with Crippen LogP contribution in [0.2, 0.25) is 0 Å². The van der Waals surface area contributed by atoms with Crippen LogP contribution in [0.1, 0.15) is 5.56 Å². The van der Waals surface area contributed by atoms with Crippen molar-refractivity contribution in [3.05, 3.63) is 53.8 Å². The van der Waals surface area contributed by atoms with Gasteiger partial charge in [-0.3, -0.25) is 0 Å². The maximum atomic E-state index is 13.8. The maximum Gasteiger partial charge on any atom is 0.488 e. The minimum atomic E-state index is -1.67. The number of hydrogen-bond donors (Lipinski definition) is 2. The van der Waals surface area contributed by atoms with E-state index in [0.717, 1.165) is 11.6 Å². The van der Waals surface area contributed by atoms with E-state index in [1.165, 1.54) is 23.9 Å². The summed E-state index contributed by atoms with van der Waals surface area (Å²) < 4.78 is 19.4. The molecule has 0 saturated heterocycles. The normalized spacial score (nSPS) is 11.0. The number of para-hydroxylation sites is 2. The second-order valence-corrected chi connectivity index (χ2v) is 5.39. The van der Waals surface area contributed by atoms with Gasteiger partial charge in [0.15, 0.2) is 5.58 Å². The summed E-state index contributed by atoms with van der Waals surface area (Å²) in [5.74, 6) is -0.135. The van der Waals surface area contributed by atoms with Gasteiger partial charge < -0.3 is 14.5 Å². The van der Waals surface area contributed by atoms with E-state index in [-0.39, 0.29) is 5.46 Å². The Bertz CT molecular complexity index is 745. The molecule has 0 bridgehead atoms. The standard InChI is InChI=1S/C14H11BFNO3S/c16-11-7-10(15(18)19)6-5-9(11)8-21-14-17-12-3-1-2-4-13(12)20-14/h1-7,18-19H,8H2. The predicted octanol–water partition coefficient (Wildman–Crippen LogP) is 1.94. The summed E-state index contributed by atoms with van der Waals surface area (Å²) in [6.07, 6.45) is 0. The van der Waals surface area contributed by atoms with Crippen molar-refractivity contribution < 1.29 is 18.9 Å². The van der Waals surface area contributed by atoms with Gasteiger partial charge in [0, 0.05) is 5.75 Å². The number of thioether (sulfide) groups is 1. The van der Waals surface area contributed by atoms with E-state index < -0.39 is 12.9 Å². The van der Waals surface area contributed by atoms with Crippen LogP contribution in [0, 0.1) is 5.82 Å². The molecule has 21 heavy (non-hydrogen) atoms. The quantitative estimate of drug-likeness (QED) is 0.569. The second kappa shape index (κ2) is 5.89. The Morgan fingerprint density at radius 3 is 2.71 bits per heavy atom. The van der Waals surface area contributed by atoms with Gasteiger partial charge in [-0.1, -0.05) is 36.0 Å². The Morgan fingerprint density at radius 1 is 1.19 bits per heavy atom. The summed E-state index contributed by atoms with van der Waals surface area (Å²) in [5.41, 5.74) is 2.04. The molecule has 3 rings (SSSR count). The van der Waals surface area contributed by atoms with Gasteiger partial charge in [0.1, 0.15) is 11.3 Å². The summed E-state index contributed by atoms with van der Waals surface area (Å²) in [6, 6.07) is 11.5. The summed E-state index contributed by atoms with van der Waals surface area (Å²) in [7, 11) is -1.67. The lowest BCUT2D eigenvalue weighted by Gasteiger charge is -2.04. The molecule has 1 heterocycles. The molecule has 3 aromatic rings. The lowest BCUT2D eigenvalue weighted by molar-refractivity contribution is 0.425. The van der Waals surface area contributed by atoms with E-state index >= 15 is 0 Å². The van der Waals surface area contributed by atoms with E-state index in [0.29, 0.717) is 22.1 Å². The van der Waals surface area contributed by atoms with Crippen molar-refractivity contribution in [1.29, 1.82) is 0 Å². The van der Waals surface area contributed by atoms with Crippen LogP contribution in [0.4, 0.5) is 4.39 Å². The molecular formula is C14H11BFNO3S. The second-order valence-electron chi connectivity index (χ2n) is 4.46. The lowest BCUT2D eigenvalue weighted by Crippen LogP contribution is -2.30. The van der Waals surface area contributed by atoms with E-state index in [1.807, 2.05) is 24.3 Å². The minimum absolute atomic E-state index is 0.128. The molecule has 0 atom stereocenters. The third-order valence-electron chi connectivity index (χ3n) is 3.00. The molecule has 0 unspecified atom stereocenters. The molecule has 1 aromatic heterocycles. The zero-order chi connectivity index (χ0) is 14.8. The number of halogens is 1. The highest BCUT2D eigenvalue weighted by Crippen LogP contribution is 2.26. The SMILES string of the molecule is OB(O)c1ccc(CSc2nc3ccccc3o2)c(F)c1. The number of nitrogens with zero attached hydrogens (tertiary/aromatic N) is 1. The third kappa shape index (κ3) is 3.10. The van der Waals surface area contributed by atoms with Crippen molar-refractivity contribution >= 4 is 35.4 Å². The molecule has 0 amide bonds. The number of aromatic nitrogens is 1. The zero-order valence-corrected chi connectivity index (χ0v) is 11.7. The predicted molar refractivity (Wildman–Crippen MR) is 79.8 cm³/mol. The van der Waals surface area contributed by atoms with Gasteiger partial charge in [-0.15, -0.1) is 0 Å². The van der Waals surface area contributed by atoms with Crippen LogP contribution in [-0.4, -0.2) is 22.2 Å². The third-order valence-corrected chi connectivity index (χ3v) is 3.88. The minimum Gasteiger partial charge on any atom is -0.431 e. The first-order valence-corrected chi connectivity index (χ1v) is 7.25. The molecule has 0 aliphatic carbocycles. The van der Waals surface area contributed by atoms with Gasteiger partial charge in [-0.2, -0.15) is 0 Å². The first kappa shape index (κ1) is 14.1. The van der Waals surface area contributed by atoms with Crippen molar-refractivity contribution in [2.45, 2.75) is 11.0 Å². The number of oxazole rings is 1. The fraction of sp³-hybridized carbons (Fsp3) is 0.0714. The average molecular weight is 303 g/mol. The van der Waals surface area contributed by atoms with Crippen LogP contribution in [0.3, 0.4) is 0 Å². The molecule has 2 aromatic carbocycles. The molecule has 0 fully saturated rings. The molecule has 0 aliphatic rings. The Hall–Kier alpha value is -1.83. The molecule has 2 N–H and O–H groups in total. The largest absolute Gasteiger partial charge is 0.488 e. The van der Waals surface area contributed by atoms with Crippen LogP contribution in [0.25, 0.3) is 11.1 Å². The van der Waals surface area contributed by atoms with Crippen LogP contribution in [0.5, 0.6) is 0 Å². The number of fused-ring (bicyclic) bond motifs is 1. The Morgan fingerprint density at radius 2 is 2.00 bits per heavy atom. The van der Waals surface area contributed by atoms with Gasteiger partial charge in [0.25, 0.3) is 5.22 Å². The van der Waals surface area contributed by atoms with E-state index in [1.54, 1.807) is 0 Å². The smallest absolute Gasteiger partial charge is 0.431 e. The fourth-order valence-electron chi connectivity index (χ4n) is 1.89. The fourth-order valence-corrected chi connectivity index (χ4v) is 2.72. The van der Waals surface area contributed by atoms with E-state index in [4.69, 9.17) is 14.5 Å². The highest BCUT2D eigenvalue weighted by atomic mass is 32.2. The Balaban J connectivity index is 1.75. The van der Waals surface area contributed by atoms with E-state index in [9.17, 15) is 4.39 Å². The molecule has 7 heteroatoms. The summed E-state index contributed by atoms with van der Waals surface area (Å²) in [4.78, 5) is 4.30. The first-order valence-electron chi connectivity index (χ1n) is 6.26. The van der Waals surface area contributed by atoms with Crippen molar-refractivity contribution in [2.75, 3.05) is 0 Å². The van der Waals surface area contributed by atoms with Crippen LogP contribution in [0.15, 0.2) is 52.1 Å². The van der Waals surface area contributed by atoms with E-state index in [2.05, 4.69) is 4.98 Å². The van der Waals surface area contributed by atoms with Gasteiger partial charge >= 0.3 is 7.12 Å². The summed E-state index contributed by atoms with van der Waals surface area (Å²) in [6.45, 7) is 0. The first-order chi connectivity index (χ1) is 10.1. The highest BCUT2D eigenvalue weighted by Gasteiger charge is 2.14. The van der Waals surface area contributed by atoms with Crippen molar-refractivity contribution in [3.8, 4) is 0 Å². The van der Waals surface area contributed by atoms with Gasteiger partial charge in [0.05, 0.1) is 0 Å². The summed E-state index contributed by atoms with van der Waals surface area (Å²) >= 11 is 1.28. The van der Waals surface area contributed by atoms with Gasteiger partial charge in [0.2, 0.25) is 0 Å². The molecule has 0 radical (unpaired) electrons. The van der Waals surface area contributed by atoms with Crippen molar-refractivity contribution in [1.82, 2.24) is 4.98 Å². The lowest BCUT2D eigenvalue weighted by atomic mass is 9.80. The zero-order valence-electron chi connectivity index (χ0n) is 10.9. The number of rotatable bonds is 4. The molecular weight excluding hydrogens is 292 g/mol. The highest BCUT2D eigenvalue weighted by molar-refractivity contribution is 7.98. The monoisotopic (exact) mass is 303 g/mol. The molecule has 0 saturated carbocycles. The molecule has 106 valence electrons. The van der Waals surface area contributed by atoms with Crippen molar-refractivity contribution in [3.63, 3.8) is 0 Å². The molecule has 0 aliphatic heterocycles. The molecule has 0 spiro atoms. The Kier molecular flexibility index (Phi) is 3.96. The van der Waals surface area contributed by atoms with Crippen LogP contribution in [-0.2, 0) is 5.75 Å². The topological polar surface area (TPSA) is 66.5 Å². The van der Waals surface area contributed by atoms with Crippen LogP contribution >= 0.6 is 11.8 Å². The number of hydrogen-bond acceptors (Lipinski definition) is 5. The maximum absolute atomic E-state index is 13.8.